The lowest BCUT2D eigenvalue weighted by atomic mass is 10.2. The van der Waals surface area contributed by atoms with Gasteiger partial charge in [-0.1, -0.05) is 24.3 Å². The van der Waals surface area contributed by atoms with E-state index in [-0.39, 0.29) is 42.7 Å². The zero-order valence-corrected chi connectivity index (χ0v) is 15.6. The largest absolute Gasteiger partial charge is 0.336 e. The number of rotatable bonds is 4. The number of carbonyl (C=O) groups excluding carboxylic acids is 1. The van der Waals surface area contributed by atoms with Crippen molar-refractivity contribution in [1.29, 1.82) is 0 Å². The fourth-order valence-electron chi connectivity index (χ4n) is 2.99. The molecule has 142 valence electrons. The molecule has 2 aromatic rings. The van der Waals surface area contributed by atoms with Gasteiger partial charge in [-0.15, -0.1) is 0 Å². The van der Waals surface area contributed by atoms with Crippen molar-refractivity contribution in [1.82, 2.24) is 9.21 Å². The lowest BCUT2D eigenvalue weighted by Gasteiger charge is -2.34. The minimum Gasteiger partial charge on any atom is -0.336 e. The molecule has 0 unspecified atom stereocenters. The van der Waals surface area contributed by atoms with Crippen LogP contribution in [0.1, 0.15) is 15.9 Å². The second-order valence-electron chi connectivity index (χ2n) is 6.27. The quantitative estimate of drug-likeness (QED) is 0.588. The van der Waals surface area contributed by atoms with Crippen LogP contribution in [0.25, 0.3) is 0 Å². The van der Waals surface area contributed by atoms with Crippen LogP contribution >= 0.6 is 0 Å². The molecular formula is C18H19N3O5S. The smallest absolute Gasteiger partial charge is 0.273 e. The van der Waals surface area contributed by atoms with Gasteiger partial charge in [0.25, 0.3) is 11.6 Å². The van der Waals surface area contributed by atoms with Gasteiger partial charge in [0.2, 0.25) is 10.0 Å². The number of hydrogen-bond acceptors (Lipinski definition) is 5. The van der Waals surface area contributed by atoms with Crippen LogP contribution in [-0.2, 0) is 10.0 Å². The molecule has 3 rings (SSSR count). The predicted octanol–water partition coefficient (Wildman–Crippen LogP) is 2.05. The number of aryl methyl sites for hydroxylation is 1. The maximum Gasteiger partial charge on any atom is 0.273 e. The molecule has 1 fully saturated rings. The van der Waals surface area contributed by atoms with Crippen molar-refractivity contribution in [3.63, 3.8) is 0 Å². The summed E-state index contributed by atoms with van der Waals surface area (Å²) in [6.45, 7) is 2.37. The maximum atomic E-state index is 12.8. The van der Waals surface area contributed by atoms with E-state index >= 15 is 0 Å². The fourth-order valence-corrected chi connectivity index (χ4v) is 4.43. The van der Waals surface area contributed by atoms with Gasteiger partial charge in [0.05, 0.1) is 9.82 Å². The first-order valence-corrected chi connectivity index (χ1v) is 9.84. The molecule has 0 aliphatic carbocycles. The third-order valence-electron chi connectivity index (χ3n) is 4.56. The van der Waals surface area contributed by atoms with Crippen LogP contribution in [0.3, 0.4) is 0 Å². The average Bonchev–Trinajstić information content (AvgIpc) is 2.68. The molecule has 0 aromatic heterocycles. The van der Waals surface area contributed by atoms with Crippen molar-refractivity contribution in [2.45, 2.75) is 11.8 Å². The van der Waals surface area contributed by atoms with Gasteiger partial charge in [0.15, 0.2) is 0 Å². The summed E-state index contributed by atoms with van der Waals surface area (Å²) < 4.78 is 26.9. The summed E-state index contributed by atoms with van der Waals surface area (Å²) in [5.41, 5.74) is 0.731. The van der Waals surface area contributed by atoms with Gasteiger partial charge in [-0.05, 0) is 25.1 Å². The van der Waals surface area contributed by atoms with Crippen LogP contribution < -0.4 is 0 Å². The third kappa shape index (κ3) is 3.83. The second-order valence-corrected chi connectivity index (χ2v) is 8.21. The van der Waals surface area contributed by atoms with Crippen molar-refractivity contribution in [2.75, 3.05) is 26.2 Å². The van der Waals surface area contributed by atoms with Crippen molar-refractivity contribution in [2.24, 2.45) is 0 Å². The van der Waals surface area contributed by atoms with Crippen molar-refractivity contribution >= 4 is 21.6 Å². The summed E-state index contributed by atoms with van der Waals surface area (Å²) in [5, 5.41) is 11.1. The number of hydrogen-bond donors (Lipinski definition) is 0. The lowest BCUT2D eigenvalue weighted by Crippen LogP contribution is -2.50. The Morgan fingerprint density at radius 3 is 2.26 bits per heavy atom. The number of nitrogens with zero attached hydrogens (tertiary/aromatic N) is 3. The Hall–Kier alpha value is -2.78. The van der Waals surface area contributed by atoms with E-state index < -0.39 is 14.9 Å². The minimum absolute atomic E-state index is 0.109. The Balaban J connectivity index is 1.74. The molecule has 0 bridgehead atoms. The van der Waals surface area contributed by atoms with Crippen LogP contribution in [-0.4, -0.2) is 54.6 Å². The first-order valence-electron chi connectivity index (χ1n) is 8.40. The molecule has 0 N–H and O–H groups in total. The third-order valence-corrected chi connectivity index (χ3v) is 6.46. The van der Waals surface area contributed by atoms with Gasteiger partial charge >= 0.3 is 0 Å². The summed E-state index contributed by atoms with van der Waals surface area (Å²) in [5.74, 6) is -0.140. The van der Waals surface area contributed by atoms with Gasteiger partial charge in [-0.25, -0.2) is 8.42 Å². The molecule has 1 aliphatic rings. The maximum absolute atomic E-state index is 12.8. The highest BCUT2D eigenvalue weighted by Gasteiger charge is 2.31. The topological polar surface area (TPSA) is 101 Å². The number of nitro benzene ring substituents is 1. The van der Waals surface area contributed by atoms with E-state index in [1.807, 2.05) is 6.07 Å². The van der Waals surface area contributed by atoms with Gasteiger partial charge in [-0.3, -0.25) is 14.9 Å². The molecular weight excluding hydrogens is 370 g/mol. The predicted molar refractivity (Wildman–Crippen MR) is 98.9 cm³/mol. The van der Waals surface area contributed by atoms with Crippen molar-refractivity contribution in [3.8, 4) is 0 Å². The van der Waals surface area contributed by atoms with E-state index in [0.717, 1.165) is 6.07 Å². The SMILES string of the molecule is Cc1ccc(S(=O)(=O)N2CCN(C(=O)c3ccccc3)CC2)cc1[N+](=O)[O-]. The Morgan fingerprint density at radius 2 is 1.67 bits per heavy atom. The van der Waals surface area contributed by atoms with E-state index in [1.165, 1.54) is 16.4 Å². The Labute approximate surface area is 157 Å². The zero-order chi connectivity index (χ0) is 19.6. The molecule has 0 saturated carbocycles. The van der Waals surface area contributed by atoms with E-state index in [4.69, 9.17) is 0 Å². The van der Waals surface area contributed by atoms with Crippen LogP contribution in [0.4, 0.5) is 5.69 Å². The van der Waals surface area contributed by atoms with Crippen molar-refractivity contribution in [3.05, 3.63) is 69.8 Å². The molecule has 8 nitrogen and oxygen atoms in total. The summed E-state index contributed by atoms with van der Waals surface area (Å²) in [4.78, 5) is 24.5. The Kier molecular flexibility index (Phi) is 5.24. The molecule has 1 amide bonds. The Bertz CT molecular complexity index is 968. The molecule has 1 heterocycles. The Morgan fingerprint density at radius 1 is 1.04 bits per heavy atom. The number of piperazine rings is 1. The fraction of sp³-hybridized carbons (Fsp3) is 0.278. The highest BCUT2D eigenvalue weighted by atomic mass is 32.2. The number of amides is 1. The molecule has 0 spiro atoms. The van der Waals surface area contributed by atoms with Crippen LogP contribution in [0.5, 0.6) is 0 Å². The number of carbonyl (C=O) groups is 1. The van der Waals surface area contributed by atoms with Gasteiger partial charge in [0, 0.05) is 43.4 Å². The highest BCUT2D eigenvalue weighted by molar-refractivity contribution is 7.89. The molecule has 27 heavy (non-hydrogen) atoms. The highest BCUT2D eigenvalue weighted by Crippen LogP contribution is 2.25. The standard InChI is InChI=1S/C18H19N3O5S/c1-14-7-8-16(13-17(14)21(23)24)27(25,26)20-11-9-19(10-12-20)18(22)15-5-3-2-4-6-15/h2-8,13H,9-12H2,1H3. The number of benzene rings is 2. The summed E-state index contributed by atoms with van der Waals surface area (Å²) >= 11 is 0. The minimum atomic E-state index is -3.86. The molecule has 1 aliphatic heterocycles. The molecule has 9 heteroatoms. The van der Waals surface area contributed by atoms with E-state index in [1.54, 1.807) is 36.1 Å². The zero-order valence-electron chi connectivity index (χ0n) is 14.7. The van der Waals surface area contributed by atoms with E-state index in [9.17, 15) is 23.3 Å². The number of nitro groups is 1. The van der Waals surface area contributed by atoms with E-state index in [2.05, 4.69) is 0 Å². The summed E-state index contributed by atoms with van der Waals surface area (Å²) in [7, 11) is -3.86. The van der Waals surface area contributed by atoms with Crippen LogP contribution in [0.2, 0.25) is 0 Å². The molecule has 0 atom stereocenters. The second kappa shape index (κ2) is 7.45. The summed E-state index contributed by atoms with van der Waals surface area (Å²) in [6, 6.07) is 12.7. The molecule has 1 saturated heterocycles. The van der Waals surface area contributed by atoms with E-state index in [0.29, 0.717) is 11.1 Å². The van der Waals surface area contributed by atoms with Gasteiger partial charge in [0.1, 0.15) is 0 Å². The lowest BCUT2D eigenvalue weighted by molar-refractivity contribution is -0.385. The normalized spacial score (nSPS) is 15.5. The number of sulfonamides is 1. The van der Waals surface area contributed by atoms with Crippen LogP contribution in [0.15, 0.2) is 53.4 Å². The first-order chi connectivity index (χ1) is 12.8. The van der Waals surface area contributed by atoms with Gasteiger partial charge < -0.3 is 4.90 Å². The first kappa shape index (κ1) is 19.0. The molecule has 2 aromatic carbocycles. The average molecular weight is 389 g/mol. The monoisotopic (exact) mass is 389 g/mol. The summed E-state index contributed by atoms with van der Waals surface area (Å²) in [6.07, 6.45) is 0. The molecule has 0 radical (unpaired) electrons. The van der Waals surface area contributed by atoms with Crippen LogP contribution in [0, 0.1) is 17.0 Å². The van der Waals surface area contributed by atoms with Gasteiger partial charge in [-0.2, -0.15) is 4.31 Å². The van der Waals surface area contributed by atoms with Crippen molar-refractivity contribution < 1.29 is 18.1 Å².